The number of hydrogen-bond acceptors (Lipinski definition) is 6. The first-order chi connectivity index (χ1) is 16.2. The first kappa shape index (κ1) is 22.0. The molecule has 1 aliphatic heterocycles. The summed E-state index contributed by atoms with van der Waals surface area (Å²) in [5.41, 5.74) is 1.92. The fourth-order valence-electron chi connectivity index (χ4n) is 4.15. The minimum Gasteiger partial charge on any atom is -0.479 e. The van der Waals surface area contributed by atoms with Crippen LogP contribution in [0, 0.1) is 12.7 Å². The van der Waals surface area contributed by atoms with Gasteiger partial charge in [-0.25, -0.2) is 9.37 Å². The van der Waals surface area contributed by atoms with E-state index < -0.39 is 6.10 Å². The number of benzene rings is 2. The Morgan fingerprint density at radius 3 is 2.65 bits per heavy atom. The number of Topliss-reactive ketones (excluding diaryl/α,β-unsaturated/α-hetero) is 1. The van der Waals surface area contributed by atoms with Crippen LogP contribution < -0.4 is 15.2 Å². The van der Waals surface area contributed by atoms with E-state index in [1.807, 2.05) is 6.92 Å². The van der Waals surface area contributed by atoms with Crippen LogP contribution >= 0.6 is 11.3 Å². The number of halogens is 1. The van der Waals surface area contributed by atoms with Crippen LogP contribution in [0.1, 0.15) is 22.2 Å². The quantitative estimate of drug-likeness (QED) is 0.412. The van der Waals surface area contributed by atoms with E-state index >= 15 is 0 Å². The Balaban J connectivity index is 1.51. The largest absolute Gasteiger partial charge is 0.479 e. The molecule has 3 heterocycles. The minimum atomic E-state index is -0.597. The average Bonchev–Trinajstić information content (AvgIpc) is 3.16. The number of rotatable bonds is 4. The van der Waals surface area contributed by atoms with E-state index in [0.29, 0.717) is 38.3 Å². The molecule has 4 aromatic rings. The van der Waals surface area contributed by atoms with Crippen molar-refractivity contribution in [3.63, 3.8) is 0 Å². The van der Waals surface area contributed by atoms with Crippen molar-refractivity contribution in [2.45, 2.75) is 26.5 Å². The Labute approximate surface area is 198 Å². The van der Waals surface area contributed by atoms with E-state index in [4.69, 9.17) is 4.74 Å². The molecule has 34 heavy (non-hydrogen) atoms. The number of ether oxygens (including phenoxy) is 1. The van der Waals surface area contributed by atoms with Crippen LogP contribution in [0.4, 0.5) is 10.1 Å². The van der Waals surface area contributed by atoms with Gasteiger partial charge in [0, 0.05) is 23.1 Å². The molecule has 1 aliphatic rings. The predicted molar refractivity (Wildman–Crippen MR) is 128 cm³/mol. The molecule has 5 rings (SSSR count). The summed E-state index contributed by atoms with van der Waals surface area (Å²) in [6.45, 7) is 3.34. The number of amides is 1. The van der Waals surface area contributed by atoms with Crippen LogP contribution in [0.25, 0.3) is 21.3 Å². The molecule has 0 saturated heterocycles. The van der Waals surface area contributed by atoms with Crippen LogP contribution in [-0.2, 0) is 11.3 Å². The number of aromatic nitrogens is 2. The second kappa shape index (κ2) is 8.18. The number of thiophene rings is 1. The zero-order chi connectivity index (χ0) is 24.1. The molecule has 172 valence electrons. The highest BCUT2D eigenvalue weighted by Crippen LogP contribution is 2.36. The Kier molecular flexibility index (Phi) is 5.28. The maximum atomic E-state index is 13.4. The standard InChI is InChI=1S/C25H20FN3O4S/c1-13-24(31)28(3)18-10-16(6-9-20(18)33-13)19(30)11-29-12-27-23-22(25(29)32)21(14(2)34-23)15-4-7-17(26)8-5-15/h4-10,12-13H,11H2,1-3H3. The SMILES string of the molecule is Cc1sc2ncn(CC(=O)c3ccc4c(c3)N(C)C(=O)C(C)O4)c(=O)c2c1-c1ccc(F)cc1. The lowest BCUT2D eigenvalue weighted by Crippen LogP contribution is -2.42. The van der Waals surface area contributed by atoms with Gasteiger partial charge in [-0.1, -0.05) is 12.1 Å². The molecule has 0 N–H and O–H groups in total. The maximum Gasteiger partial charge on any atom is 0.267 e. The number of ketones is 1. The van der Waals surface area contributed by atoms with Gasteiger partial charge in [-0.05, 0) is 49.7 Å². The molecule has 1 amide bonds. The van der Waals surface area contributed by atoms with Gasteiger partial charge in [0.15, 0.2) is 11.9 Å². The lowest BCUT2D eigenvalue weighted by molar-refractivity contribution is -0.125. The van der Waals surface area contributed by atoms with Crippen molar-refractivity contribution in [2.75, 3.05) is 11.9 Å². The molecule has 0 spiro atoms. The van der Waals surface area contributed by atoms with E-state index in [9.17, 15) is 18.8 Å². The number of likely N-dealkylation sites (N-methyl/N-ethyl adjacent to an activating group) is 1. The van der Waals surface area contributed by atoms with Gasteiger partial charge in [0.1, 0.15) is 16.4 Å². The molecular formula is C25H20FN3O4S. The normalized spacial score (nSPS) is 15.4. The summed E-state index contributed by atoms with van der Waals surface area (Å²) in [6.07, 6.45) is 0.769. The second-order valence-corrected chi connectivity index (χ2v) is 9.36. The molecule has 0 radical (unpaired) electrons. The third kappa shape index (κ3) is 3.58. The highest BCUT2D eigenvalue weighted by molar-refractivity contribution is 7.19. The van der Waals surface area contributed by atoms with E-state index in [1.54, 1.807) is 44.3 Å². The van der Waals surface area contributed by atoms with Crippen molar-refractivity contribution in [1.29, 1.82) is 0 Å². The van der Waals surface area contributed by atoms with Crippen molar-refractivity contribution in [3.8, 4) is 16.9 Å². The van der Waals surface area contributed by atoms with Gasteiger partial charge < -0.3 is 9.64 Å². The van der Waals surface area contributed by atoms with Crippen molar-refractivity contribution in [2.24, 2.45) is 0 Å². The van der Waals surface area contributed by atoms with Gasteiger partial charge in [0.05, 0.1) is 23.9 Å². The number of nitrogens with zero attached hydrogens (tertiary/aromatic N) is 3. The molecule has 1 unspecified atom stereocenters. The van der Waals surface area contributed by atoms with E-state index in [2.05, 4.69) is 4.98 Å². The van der Waals surface area contributed by atoms with Gasteiger partial charge in [-0.15, -0.1) is 11.3 Å². The van der Waals surface area contributed by atoms with Crippen molar-refractivity contribution in [3.05, 3.63) is 75.4 Å². The number of hydrogen-bond donors (Lipinski definition) is 0. The van der Waals surface area contributed by atoms with Crippen LogP contribution in [0.2, 0.25) is 0 Å². The first-order valence-corrected chi connectivity index (χ1v) is 11.4. The van der Waals surface area contributed by atoms with Gasteiger partial charge in [0.25, 0.3) is 11.5 Å². The molecule has 2 aromatic carbocycles. The highest BCUT2D eigenvalue weighted by Gasteiger charge is 2.29. The Bertz CT molecular complexity index is 1520. The third-order valence-electron chi connectivity index (χ3n) is 5.93. The molecule has 2 aromatic heterocycles. The second-order valence-electron chi connectivity index (χ2n) is 8.16. The van der Waals surface area contributed by atoms with Gasteiger partial charge >= 0.3 is 0 Å². The fraction of sp³-hybridized carbons (Fsp3) is 0.200. The van der Waals surface area contributed by atoms with Gasteiger partial charge in [-0.2, -0.15) is 0 Å². The van der Waals surface area contributed by atoms with Gasteiger partial charge in [-0.3, -0.25) is 19.0 Å². The number of carbonyl (C=O) groups is 2. The predicted octanol–water partition coefficient (Wildman–Crippen LogP) is 4.20. The summed E-state index contributed by atoms with van der Waals surface area (Å²) in [5.74, 6) is -0.353. The summed E-state index contributed by atoms with van der Waals surface area (Å²) in [4.78, 5) is 46.0. The lowest BCUT2D eigenvalue weighted by Gasteiger charge is -2.30. The lowest BCUT2D eigenvalue weighted by atomic mass is 10.0. The van der Waals surface area contributed by atoms with Crippen LogP contribution in [0.15, 0.2) is 53.6 Å². The Morgan fingerprint density at radius 2 is 1.91 bits per heavy atom. The van der Waals surface area contributed by atoms with Gasteiger partial charge in [0.2, 0.25) is 0 Å². The summed E-state index contributed by atoms with van der Waals surface area (Å²) in [7, 11) is 1.63. The van der Waals surface area contributed by atoms with Crippen molar-refractivity contribution >= 4 is 38.9 Å². The van der Waals surface area contributed by atoms with Crippen molar-refractivity contribution < 1.29 is 18.7 Å². The number of fused-ring (bicyclic) bond motifs is 2. The van der Waals surface area contributed by atoms with E-state index in [0.717, 1.165) is 4.88 Å². The van der Waals surface area contributed by atoms with E-state index in [1.165, 1.54) is 39.3 Å². The minimum absolute atomic E-state index is 0.205. The smallest absolute Gasteiger partial charge is 0.267 e. The zero-order valence-electron chi connectivity index (χ0n) is 18.7. The molecule has 9 heteroatoms. The Morgan fingerprint density at radius 1 is 1.18 bits per heavy atom. The van der Waals surface area contributed by atoms with Crippen LogP contribution in [0.5, 0.6) is 5.75 Å². The number of aryl methyl sites for hydroxylation is 1. The van der Waals surface area contributed by atoms with E-state index in [-0.39, 0.29) is 29.6 Å². The summed E-state index contributed by atoms with van der Waals surface area (Å²) in [5, 5.41) is 0.405. The Hall–Kier alpha value is -3.85. The number of anilines is 1. The summed E-state index contributed by atoms with van der Waals surface area (Å²) < 4.78 is 20.3. The summed E-state index contributed by atoms with van der Waals surface area (Å²) in [6, 6.07) is 10.8. The first-order valence-electron chi connectivity index (χ1n) is 10.6. The molecule has 0 aliphatic carbocycles. The third-order valence-corrected chi connectivity index (χ3v) is 6.94. The molecule has 0 fully saturated rings. The molecule has 0 saturated carbocycles. The zero-order valence-corrected chi connectivity index (χ0v) is 19.5. The topological polar surface area (TPSA) is 81.5 Å². The van der Waals surface area contributed by atoms with Crippen molar-refractivity contribution in [1.82, 2.24) is 9.55 Å². The highest BCUT2D eigenvalue weighted by atomic mass is 32.1. The molecule has 0 bridgehead atoms. The van der Waals surface area contributed by atoms with Crippen LogP contribution in [-0.4, -0.2) is 34.4 Å². The average molecular weight is 478 g/mol. The fourth-order valence-corrected chi connectivity index (χ4v) is 5.15. The monoisotopic (exact) mass is 477 g/mol. The molecular weight excluding hydrogens is 457 g/mol. The van der Waals surface area contributed by atoms with Crippen LogP contribution in [0.3, 0.4) is 0 Å². The molecule has 1 atom stereocenters. The summed E-state index contributed by atoms with van der Waals surface area (Å²) >= 11 is 1.38. The number of carbonyl (C=O) groups excluding carboxylic acids is 2. The maximum absolute atomic E-state index is 13.4. The molecule has 7 nitrogen and oxygen atoms in total.